The van der Waals surface area contributed by atoms with E-state index in [2.05, 4.69) is 0 Å². The Bertz CT molecular complexity index is 1380. The van der Waals surface area contributed by atoms with Crippen LogP contribution in [0.15, 0.2) is 72.9 Å². The summed E-state index contributed by atoms with van der Waals surface area (Å²) in [5.74, 6) is -2.52. The zero-order valence-electron chi connectivity index (χ0n) is 19.8. The normalized spacial score (nSPS) is 15.2. The van der Waals surface area contributed by atoms with E-state index < -0.39 is 23.5 Å². The van der Waals surface area contributed by atoms with Crippen LogP contribution < -0.4 is 0 Å². The molecule has 0 saturated carbocycles. The zero-order chi connectivity index (χ0) is 25.4. The average Bonchev–Trinajstić information content (AvgIpc) is 3.18. The van der Waals surface area contributed by atoms with Gasteiger partial charge in [-0.1, -0.05) is 30.3 Å². The molecule has 184 valence electrons. The van der Waals surface area contributed by atoms with E-state index in [1.165, 1.54) is 24.3 Å². The monoisotopic (exact) mass is 488 g/mol. The summed E-state index contributed by atoms with van der Waals surface area (Å²) in [6, 6.07) is 17.3. The van der Waals surface area contributed by atoms with Crippen molar-refractivity contribution >= 4 is 17.4 Å². The molecule has 5 rings (SSSR count). The fourth-order valence-electron chi connectivity index (χ4n) is 5.40. The first-order chi connectivity index (χ1) is 17.3. The topological polar surface area (TPSA) is 62.0 Å². The van der Waals surface area contributed by atoms with Gasteiger partial charge < -0.3 is 14.4 Å². The number of halogens is 2. The molecular weight excluding hydrogens is 462 g/mol. The second-order valence-corrected chi connectivity index (χ2v) is 9.31. The summed E-state index contributed by atoms with van der Waals surface area (Å²) in [6.07, 6.45) is 3.84. The van der Waals surface area contributed by atoms with E-state index >= 15 is 0 Å². The minimum Gasteiger partial charge on any atom is -0.481 e. The molecule has 5 nitrogen and oxygen atoms in total. The smallest absolute Gasteiger partial charge is 0.307 e. The van der Waals surface area contributed by atoms with Crippen molar-refractivity contribution in [2.45, 2.75) is 37.6 Å². The highest BCUT2D eigenvalue weighted by Gasteiger charge is 2.34. The van der Waals surface area contributed by atoms with E-state index in [1.54, 1.807) is 36.2 Å². The third-order valence-corrected chi connectivity index (χ3v) is 7.21. The fourth-order valence-corrected chi connectivity index (χ4v) is 5.40. The lowest BCUT2D eigenvalue weighted by molar-refractivity contribution is -0.136. The van der Waals surface area contributed by atoms with Gasteiger partial charge in [0.05, 0.1) is 12.3 Å². The highest BCUT2D eigenvalue weighted by atomic mass is 19.1. The molecule has 0 bridgehead atoms. The summed E-state index contributed by atoms with van der Waals surface area (Å²) in [6.45, 7) is 0. The number of hydrogen-bond donors (Lipinski definition) is 1. The number of aliphatic carboxylic acids is 1. The van der Waals surface area contributed by atoms with Crippen LogP contribution in [0.4, 0.5) is 8.78 Å². The number of carbonyl (C=O) groups excluding carboxylic acids is 1. The number of hydrogen-bond acceptors (Lipinski definition) is 2. The lowest BCUT2D eigenvalue weighted by Gasteiger charge is -2.34. The Morgan fingerprint density at radius 2 is 1.61 bits per heavy atom. The van der Waals surface area contributed by atoms with Gasteiger partial charge in [0, 0.05) is 36.9 Å². The third-order valence-electron chi connectivity index (χ3n) is 7.21. The molecule has 1 aliphatic carbocycles. The number of fused-ring (bicyclic) bond motifs is 3. The first-order valence-corrected chi connectivity index (χ1v) is 11.9. The van der Waals surface area contributed by atoms with Gasteiger partial charge in [0.2, 0.25) is 5.91 Å². The molecule has 1 atom stereocenters. The molecule has 4 aromatic rings. The van der Waals surface area contributed by atoms with Gasteiger partial charge in [0.15, 0.2) is 0 Å². The van der Waals surface area contributed by atoms with Crippen LogP contribution in [0.5, 0.6) is 0 Å². The molecule has 1 aliphatic rings. The van der Waals surface area contributed by atoms with E-state index in [-0.39, 0.29) is 18.4 Å². The molecule has 1 amide bonds. The number of nitrogens with zero attached hydrogens (tertiary/aromatic N) is 2. The summed E-state index contributed by atoms with van der Waals surface area (Å²) >= 11 is 0. The number of likely N-dealkylation sites (N-methyl/N-ethyl adjacent to an activating group) is 1. The van der Waals surface area contributed by atoms with E-state index in [1.807, 2.05) is 28.8 Å². The lowest BCUT2D eigenvalue weighted by Crippen LogP contribution is -2.43. The van der Waals surface area contributed by atoms with Crippen LogP contribution in [-0.2, 0) is 28.9 Å². The molecule has 0 fully saturated rings. The van der Waals surface area contributed by atoms with Crippen LogP contribution in [0.1, 0.15) is 40.3 Å². The zero-order valence-corrected chi connectivity index (χ0v) is 19.8. The van der Waals surface area contributed by atoms with Gasteiger partial charge in [0.25, 0.3) is 0 Å². The second-order valence-electron chi connectivity index (χ2n) is 9.31. The van der Waals surface area contributed by atoms with Crippen molar-refractivity contribution in [2.75, 3.05) is 7.05 Å². The Hall–Kier alpha value is -4.00. The fraction of sp³-hybridized carbons (Fsp3) is 0.241. The molecule has 36 heavy (non-hydrogen) atoms. The quantitative estimate of drug-likeness (QED) is 0.416. The minimum absolute atomic E-state index is 0.0422. The summed E-state index contributed by atoms with van der Waals surface area (Å²) in [5.41, 5.74) is 5.06. The summed E-state index contributed by atoms with van der Waals surface area (Å²) in [5, 5.41) is 9.46. The molecule has 2 aromatic heterocycles. The molecule has 2 aromatic carbocycles. The summed E-state index contributed by atoms with van der Waals surface area (Å²) in [7, 11) is 1.77. The van der Waals surface area contributed by atoms with Crippen LogP contribution in [0, 0.1) is 11.6 Å². The van der Waals surface area contributed by atoms with Crippen LogP contribution in [0.3, 0.4) is 0 Å². The molecule has 1 N–H and O–H groups in total. The standard InChI is InChI=1S/C29H26F2N2O3/c1-32(29(36)28(18-5-9-20(30)10-6-18)19-7-11-21(31)12-8-19)22-13-14-23-24(17-27(34)35)25-4-2-3-15-33(25)26(23)16-22/h2-12,15,22,28H,13-14,16-17H2,1H3,(H,34,35)/t22-/m1/s1. The molecule has 0 spiro atoms. The Kier molecular flexibility index (Phi) is 6.31. The Balaban J connectivity index is 1.48. The van der Waals surface area contributed by atoms with Crippen molar-refractivity contribution in [2.24, 2.45) is 0 Å². The summed E-state index contributed by atoms with van der Waals surface area (Å²) in [4.78, 5) is 27.2. The molecular formula is C29H26F2N2O3. The Morgan fingerprint density at radius 1 is 1.00 bits per heavy atom. The van der Waals surface area contributed by atoms with Crippen molar-refractivity contribution < 1.29 is 23.5 Å². The molecule has 0 aliphatic heterocycles. The van der Waals surface area contributed by atoms with Crippen molar-refractivity contribution in [1.82, 2.24) is 9.30 Å². The Morgan fingerprint density at radius 3 is 2.19 bits per heavy atom. The number of pyridine rings is 1. The number of carboxylic acids is 1. The van der Waals surface area contributed by atoms with Gasteiger partial charge in [0.1, 0.15) is 11.6 Å². The predicted molar refractivity (Wildman–Crippen MR) is 132 cm³/mol. The van der Waals surface area contributed by atoms with E-state index in [0.717, 1.165) is 22.3 Å². The average molecular weight is 489 g/mol. The van der Waals surface area contributed by atoms with Crippen LogP contribution in [-0.4, -0.2) is 39.4 Å². The highest BCUT2D eigenvalue weighted by Crippen LogP contribution is 2.34. The van der Waals surface area contributed by atoms with Gasteiger partial charge in [-0.25, -0.2) is 8.78 Å². The van der Waals surface area contributed by atoms with Gasteiger partial charge in [-0.05, 0) is 71.5 Å². The molecule has 0 radical (unpaired) electrons. The van der Waals surface area contributed by atoms with Gasteiger partial charge in [-0.2, -0.15) is 0 Å². The van der Waals surface area contributed by atoms with Crippen molar-refractivity contribution in [3.05, 3.63) is 113 Å². The molecule has 0 unspecified atom stereocenters. The maximum atomic E-state index is 13.9. The lowest BCUT2D eigenvalue weighted by atomic mass is 9.86. The van der Waals surface area contributed by atoms with Crippen molar-refractivity contribution in [1.29, 1.82) is 0 Å². The van der Waals surface area contributed by atoms with Gasteiger partial charge >= 0.3 is 5.97 Å². The molecule has 7 heteroatoms. The number of rotatable bonds is 6. The van der Waals surface area contributed by atoms with Crippen LogP contribution >= 0.6 is 0 Å². The van der Waals surface area contributed by atoms with Gasteiger partial charge in [-0.15, -0.1) is 0 Å². The molecule has 2 heterocycles. The van der Waals surface area contributed by atoms with Gasteiger partial charge in [-0.3, -0.25) is 9.59 Å². The van der Waals surface area contributed by atoms with Crippen molar-refractivity contribution in [3.8, 4) is 0 Å². The third kappa shape index (κ3) is 4.37. The first-order valence-electron chi connectivity index (χ1n) is 11.9. The number of amides is 1. The molecule has 0 saturated heterocycles. The first kappa shape index (κ1) is 23.7. The van der Waals surface area contributed by atoms with Crippen molar-refractivity contribution in [3.63, 3.8) is 0 Å². The van der Waals surface area contributed by atoms with E-state index in [4.69, 9.17) is 0 Å². The van der Waals surface area contributed by atoms with E-state index in [0.29, 0.717) is 30.4 Å². The number of aromatic nitrogens is 1. The SMILES string of the molecule is CN(C(=O)C(c1ccc(F)cc1)c1ccc(F)cc1)[C@@H]1CCc2c(CC(=O)O)c3ccccn3c2C1. The largest absolute Gasteiger partial charge is 0.481 e. The predicted octanol–water partition coefficient (Wildman–Crippen LogP) is 4.99. The number of benzene rings is 2. The second kappa shape index (κ2) is 9.57. The number of carbonyl (C=O) groups is 2. The van der Waals surface area contributed by atoms with E-state index in [9.17, 15) is 23.5 Å². The number of carboxylic acid groups (broad SMARTS) is 1. The maximum Gasteiger partial charge on any atom is 0.307 e. The van der Waals surface area contributed by atoms with Crippen LogP contribution in [0.25, 0.3) is 5.52 Å². The summed E-state index contributed by atoms with van der Waals surface area (Å²) < 4.78 is 29.3. The van der Waals surface area contributed by atoms with Crippen LogP contribution in [0.2, 0.25) is 0 Å². The minimum atomic E-state index is -0.870. The highest BCUT2D eigenvalue weighted by molar-refractivity contribution is 5.87. The Labute approximate surface area is 207 Å². The maximum absolute atomic E-state index is 13.9.